The Morgan fingerprint density at radius 1 is 1.17 bits per heavy atom. The zero-order valence-corrected chi connectivity index (χ0v) is 16.4. The van der Waals surface area contributed by atoms with Crippen molar-refractivity contribution >= 4 is 21.4 Å². The van der Waals surface area contributed by atoms with E-state index >= 15 is 0 Å². The maximum atomic E-state index is 12.7. The molecule has 1 N–H and O–H groups in total. The molecule has 154 valence electrons. The van der Waals surface area contributed by atoms with Crippen molar-refractivity contribution in [3.8, 4) is 22.1 Å². The van der Waals surface area contributed by atoms with E-state index in [2.05, 4.69) is 14.4 Å². The molecule has 1 aromatic carbocycles. The third-order valence-electron chi connectivity index (χ3n) is 4.11. The van der Waals surface area contributed by atoms with Crippen LogP contribution >= 0.6 is 11.3 Å². The van der Waals surface area contributed by atoms with Crippen molar-refractivity contribution in [3.05, 3.63) is 46.5 Å². The van der Waals surface area contributed by atoms with Gasteiger partial charge in [-0.3, -0.25) is 0 Å². The number of nitrogens with one attached hydrogen (secondary N) is 1. The van der Waals surface area contributed by atoms with Gasteiger partial charge in [-0.2, -0.15) is 13.2 Å². The van der Waals surface area contributed by atoms with Crippen LogP contribution in [0, 0.1) is 6.92 Å². The SMILES string of the molecule is Cc1sc(-c2cc(C(F)(F)F)on2)cc1S(=O)(=O)NCc1ccc2c(c1)OCO2. The van der Waals surface area contributed by atoms with E-state index in [-0.39, 0.29) is 28.8 Å². The van der Waals surface area contributed by atoms with Gasteiger partial charge in [-0.1, -0.05) is 11.2 Å². The summed E-state index contributed by atoms with van der Waals surface area (Å²) in [4.78, 5) is 0.634. The quantitative estimate of drug-likeness (QED) is 0.639. The van der Waals surface area contributed by atoms with E-state index < -0.39 is 22.0 Å². The van der Waals surface area contributed by atoms with Crippen LogP contribution in [0.1, 0.15) is 16.2 Å². The van der Waals surface area contributed by atoms with Gasteiger partial charge in [0.25, 0.3) is 0 Å². The molecule has 0 unspecified atom stereocenters. The molecule has 4 rings (SSSR count). The standard InChI is InChI=1S/C17H13F3N2O5S2/c1-9-15(6-14(28-9)11-5-16(27-22-11)17(18,19)20)29(23,24)21-7-10-2-3-12-13(4-10)26-8-25-12/h2-6,21H,7-8H2,1H3. The predicted molar refractivity (Wildman–Crippen MR) is 96.1 cm³/mol. The summed E-state index contributed by atoms with van der Waals surface area (Å²) >= 11 is 1.01. The number of benzene rings is 1. The molecule has 0 aliphatic carbocycles. The second-order valence-corrected chi connectivity index (χ2v) is 9.11. The van der Waals surface area contributed by atoms with Crippen LogP contribution in [-0.2, 0) is 22.7 Å². The van der Waals surface area contributed by atoms with Gasteiger partial charge in [0.15, 0.2) is 11.5 Å². The van der Waals surface area contributed by atoms with Crippen LogP contribution in [-0.4, -0.2) is 20.4 Å². The number of nitrogens with zero attached hydrogens (tertiary/aromatic N) is 1. The summed E-state index contributed by atoms with van der Waals surface area (Å²) in [5.74, 6) is -0.133. The van der Waals surface area contributed by atoms with Gasteiger partial charge in [-0.05, 0) is 30.7 Å². The zero-order valence-electron chi connectivity index (χ0n) is 14.7. The molecule has 0 bridgehead atoms. The lowest BCUT2D eigenvalue weighted by atomic mass is 10.2. The molecule has 0 spiro atoms. The van der Waals surface area contributed by atoms with E-state index in [1.807, 2.05) is 0 Å². The topological polar surface area (TPSA) is 90.7 Å². The Morgan fingerprint density at radius 2 is 1.93 bits per heavy atom. The summed E-state index contributed by atoms with van der Waals surface area (Å²) in [5, 5.41) is 3.39. The maximum Gasteiger partial charge on any atom is 0.452 e. The smallest absolute Gasteiger partial charge is 0.452 e. The van der Waals surface area contributed by atoms with Crippen molar-refractivity contribution in [2.24, 2.45) is 0 Å². The fourth-order valence-corrected chi connectivity index (χ4v) is 5.25. The van der Waals surface area contributed by atoms with Gasteiger partial charge in [-0.25, -0.2) is 13.1 Å². The van der Waals surface area contributed by atoms with E-state index in [9.17, 15) is 21.6 Å². The summed E-state index contributed by atoms with van der Waals surface area (Å²) in [6.45, 7) is 1.68. The highest BCUT2D eigenvalue weighted by Crippen LogP contribution is 2.37. The second-order valence-electron chi connectivity index (χ2n) is 6.12. The average molecular weight is 446 g/mol. The lowest BCUT2D eigenvalue weighted by Crippen LogP contribution is -2.23. The second kappa shape index (κ2) is 7.04. The largest absolute Gasteiger partial charge is 0.454 e. The Balaban J connectivity index is 1.53. The van der Waals surface area contributed by atoms with Gasteiger partial charge in [0.2, 0.25) is 22.6 Å². The first-order chi connectivity index (χ1) is 13.6. The first-order valence-electron chi connectivity index (χ1n) is 8.16. The van der Waals surface area contributed by atoms with E-state index in [4.69, 9.17) is 9.47 Å². The molecule has 0 saturated carbocycles. The van der Waals surface area contributed by atoms with Crippen LogP contribution in [0.3, 0.4) is 0 Å². The van der Waals surface area contributed by atoms with Crippen LogP contribution in [0.15, 0.2) is 39.8 Å². The third kappa shape index (κ3) is 3.95. The first-order valence-corrected chi connectivity index (χ1v) is 10.5. The van der Waals surface area contributed by atoms with Crippen molar-refractivity contribution in [3.63, 3.8) is 0 Å². The third-order valence-corrected chi connectivity index (χ3v) is 6.84. The number of rotatable bonds is 5. The maximum absolute atomic E-state index is 12.7. The molecule has 2 aromatic heterocycles. The average Bonchev–Trinajstić information content (AvgIpc) is 3.37. The van der Waals surface area contributed by atoms with Gasteiger partial charge in [0.05, 0.1) is 9.77 Å². The van der Waals surface area contributed by atoms with Gasteiger partial charge >= 0.3 is 6.18 Å². The number of hydrogen-bond acceptors (Lipinski definition) is 7. The summed E-state index contributed by atoms with van der Waals surface area (Å²) < 4.78 is 80.7. The highest BCUT2D eigenvalue weighted by molar-refractivity contribution is 7.89. The van der Waals surface area contributed by atoms with Crippen LogP contribution in [0.4, 0.5) is 13.2 Å². The van der Waals surface area contributed by atoms with Crippen LogP contribution in [0.5, 0.6) is 11.5 Å². The van der Waals surface area contributed by atoms with Gasteiger partial charge in [0.1, 0.15) is 5.69 Å². The molecule has 0 fully saturated rings. The molecule has 0 amide bonds. The Kier molecular flexibility index (Phi) is 4.79. The molecule has 1 aliphatic heterocycles. The molecule has 7 nitrogen and oxygen atoms in total. The van der Waals surface area contributed by atoms with E-state index in [1.54, 1.807) is 25.1 Å². The minimum absolute atomic E-state index is 0.00573. The van der Waals surface area contributed by atoms with E-state index in [0.29, 0.717) is 21.9 Å². The number of aromatic nitrogens is 1. The fourth-order valence-electron chi connectivity index (χ4n) is 2.69. The minimum Gasteiger partial charge on any atom is -0.454 e. The fraction of sp³-hybridized carbons (Fsp3) is 0.235. The molecular weight excluding hydrogens is 433 g/mol. The number of hydrogen-bond donors (Lipinski definition) is 1. The first kappa shape index (κ1) is 19.7. The predicted octanol–water partition coefficient (Wildman–Crippen LogP) is 3.94. The molecule has 0 saturated heterocycles. The number of alkyl halides is 3. The summed E-state index contributed by atoms with van der Waals surface area (Å²) in [6, 6.07) is 7.07. The highest BCUT2D eigenvalue weighted by Gasteiger charge is 2.36. The lowest BCUT2D eigenvalue weighted by molar-refractivity contribution is -0.155. The zero-order chi connectivity index (χ0) is 20.8. The van der Waals surface area contributed by atoms with Crippen LogP contribution in [0.25, 0.3) is 10.6 Å². The van der Waals surface area contributed by atoms with Crippen LogP contribution in [0.2, 0.25) is 0 Å². The van der Waals surface area contributed by atoms with Gasteiger partial charge in [-0.15, -0.1) is 11.3 Å². The Bertz CT molecular complexity index is 1170. The molecule has 1 aliphatic rings. The molecule has 0 radical (unpaired) electrons. The summed E-state index contributed by atoms with van der Waals surface area (Å²) in [7, 11) is -3.90. The summed E-state index contributed by atoms with van der Waals surface area (Å²) in [5.41, 5.74) is 0.583. The van der Waals surface area contributed by atoms with Crippen molar-refractivity contribution in [2.75, 3.05) is 6.79 Å². The highest BCUT2D eigenvalue weighted by atomic mass is 32.2. The van der Waals surface area contributed by atoms with E-state index in [0.717, 1.165) is 17.4 Å². The molecule has 0 atom stereocenters. The number of aryl methyl sites for hydroxylation is 1. The molecular formula is C17H13F3N2O5S2. The monoisotopic (exact) mass is 446 g/mol. The number of halogens is 3. The molecule has 29 heavy (non-hydrogen) atoms. The normalized spacial score (nSPS) is 13.8. The van der Waals surface area contributed by atoms with Crippen molar-refractivity contribution < 1.29 is 35.6 Å². The van der Waals surface area contributed by atoms with Crippen molar-refractivity contribution in [1.29, 1.82) is 0 Å². The molecule has 3 heterocycles. The Labute approximate surface area is 167 Å². The van der Waals surface area contributed by atoms with Crippen LogP contribution < -0.4 is 14.2 Å². The number of thiophene rings is 1. The number of ether oxygens (including phenoxy) is 2. The van der Waals surface area contributed by atoms with E-state index in [1.165, 1.54) is 6.07 Å². The Hall–Kier alpha value is -2.57. The lowest BCUT2D eigenvalue weighted by Gasteiger charge is -2.07. The van der Waals surface area contributed by atoms with Crippen molar-refractivity contribution in [1.82, 2.24) is 9.88 Å². The molecule has 12 heteroatoms. The summed E-state index contributed by atoms with van der Waals surface area (Å²) in [6.07, 6.45) is -4.67. The number of fused-ring (bicyclic) bond motifs is 1. The van der Waals surface area contributed by atoms with Crippen molar-refractivity contribution in [2.45, 2.75) is 24.5 Å². The molecule has 3 aromatic rings. The Morgan fingerprint density at radius 3 is 2.66 bits per heavy atom. The van der Waals surface area contributed by atoms with Gasteiger partial charge < -0.3 is 14.0 Å². The number of sulfonamides is 1. The minimum atomic E-state index is -4.67. The van der Waals surface area contributed by atoms with Gasteiger partial charge in [0, 0.05) is 17.5 Å².